The van der Waals surface area contributed by atoms with Crippen molar-refractivity contribution in [2.24, 2.45) is 5.73 Å². The van der Waals surface area contributed by atoms with Gasteiger partial charge in [0.1, 0.15) is 11.9 Å². The van der Waals surface area contributed by atoms with E-state index < -0.39 is 11.9 Å². The van der Waals surface area contributed by atoms with Gasteiger partial charge >= 0.3 is 0 Å². The van der Waals surface area contributed by atoms with Crippen molar-refractivity contribution in [3.63, 3.8) is 0 Å². The van der Waals surface area contributed by atoms with Crippen LogP contribution < -0.4 is 16.4 Å². The second-order valence-corrected chi connectivity index (χ2v) is 5.31. The molecule has 4 N–H and O–H groups in total. The first kappa shape index (κ1) is 15.7. The molecule has 0 radical (unpaired) electrons. The molecule has 0 aliphatic heterocycles. The minimum absolute atomic E-state index is 0.355. The first-order chi connectivity index (χ1) is 11.7. The Bertz CT molecular complexity index is 866. The van der Waals surface area contributed by atoms with Gasteiger partial charge in [-0.25, -0.2) is 4.98 Å². The zero-order valence-electron chi connectivity index (χ0n) is 13.2. The van der Waals surface area contributed by atoms with Crippen LogP contribution in [0.2, 0.25) is 0 Å². The number of anilines is 3. The van der Waals surface area contributed by atoms with E-state index in [4.69, 9.17) is 5.73 Å². The predicted molar refractivity (Wildman–Crippen MR) is 94.0 cm³/mol. The van der Waals surface area contributed by atoms with E-state index in [0.717, 1.165) is 16.6 Å². The van der Waals surface area contributed by atoms with Gasteiger partial charge < -0.3 is 16.4 Å². The van der Waals surface area contributed by atoms with Gasteiger partial charge in [0.25, 0.3) is 0 Å². The summed E-state index contributed by atoms with van der Waals surface area (Å²) in [6, 6.07) is 11.0. The summed E-state index contributed by atoms with van der Waals surface area (Å²) in [4.78, 5) is 24.1. The second-order valence-electron chi connectivity index (χ2n) is 5.31. The third-order valence-corrected chi connectivity index (χ3v) is 3.59. The van der Waals surface area contributed by atoms with Gasteiger partial charge in [-0.1, -0.05) is 13.0 Å². The number of nitrogens with zero attached hydrogens (tertiary/aromatic N) is 3. The third-order valence-electron chi connectivity index (χ3n) is 3.59. The Morgan fingerprint density at radius 1 is 1.21 bits per heavy atom. The molecule has 0 saturated carbocycles. The molecule has 7 heteroatoms. The molecule has 1 amide bonds. The number of aromatic nitrogens is 3. The standard InChI is InChI=1S/C17H18N6O/c1-2-13(16(18)24)22-17-20-9-7-15(23-17)21-12-5-6-14-11(10-12)4-3-8-19-14/h3-10,13H,2H2,1H3,(H2,18,24)(H2,20,21,22,23)/t13-/m1/s1. The smallest absolute Gasteiger partial charge is 0.239 e. The molecule has 3 aromatic rings. The van der Waals surface area contributed by atoms with Gasteiger partial charge in [-0.3, -0.25) is 9.78 Å². The van der Waals surface area contributed by atoms with Gasteiger partial charge in [-0.05, 0) is 36.8 Å². The largest absolute Gasteiger partial charge is 0.368 e. The van der Waals surface area contributed by atoms with Crippen LogP contribution in [0.5, 0.6) is 0 Å². The molecule has 1 aromatic carbocycles. The molecule has 0 fully saturated rings. The summed E-state index contributed by atoms with van der Waals surface area (Å²) in [7, 11) is 0. The van der Waals surface area contributed by atoms with Crippen LogP contribution in [0.4, 0.5) is 17.5 Å². The van der Waals surface area contributed by atoms with Crippen LogP contribution in [0.15, 0.2) is 48.8 Å². The molecule has 0 aliphatic carbocycles. The fraction of sp³-hybridized carbons (Fsp3) is 0.176. The van der Waals surface area contributed by atoms with Crippen LogP contribution in [-0.2, 0) is 4.79 Å². The topological polar surface area (TPSA) is 106 Å². The number of rotatable bonds is 6. The van der Waals surface area contributed by atoms with E-state index in [2.05, 4.69) is 25.6 Å². The van der Waals surface area contributed by atoms with Crippen LogP contribution in [0, 0.1) is 0 Å². The molecule has 3 rings (SSSR count). The van der Waals surface area contributed by atoms with Crippen molar-refractivity contribution in [2.75, 3.05) is 10.6 Å². The molecule has 7 nitrogen and oxygen atoms in total. The van der Waals surface area contributed by atoms with Crippen molar-refractivity contribution in [1.82, 2.24) is 15.0 Å². The number of primary amides is 1. The summed E-state index contributed by atoms with van der Waals surface area (Å²) < 4.78 is 0. The summed E-state index contributed by atoms with van der Waals surface area (Å²) >= 11 is 0. The molecule has 24 heavy (non-hydrogen) atoms. The number of amides is 1. The second kappa shape index (κ2) is 6.91. The number of fused-ring (bicyclic) bond motifs is 1. The van der Waals surface area contributed by atoms with E-state index in [1.165, 1.54) is 0 Å². The molecule has 1 atom stereocenters. The molecule has 2 aromatic heterocycles. The van der Waals surface area contributed by atoms with E-state index in [9.17, 15) is 4.79 Å². The highest BCUT2D eigenvalue weighted by atomic mass is 16.1. The van der Waals surface area contributed by atoms with Crippen molar-refractivity contribution in [3.05, 3.63) is 48.8 Å². The number of hydrogen-bond donors (Lipinski definition) is 3. The maximum Gasteiger partial charge on any atom is 0.239 e. The molecule has 0 aliphatic rings. The van der Waals surface area contributed by atoms with Gasteiger partial charge in [0, 0.05) is 23.5 Å². The van der Waals surface area contributed by atoms with E-state index in [0.29, 0.717) is 18.2 Å². The fourth-order valence-electron chi connectivity index (χ4n) is 2.33. The Kier molecular flexibility index (Phi) is 4.51. The van der Waals surface area contributed by atoms with Gasteiger partial charge in [-0.2, -0.15) is 4.98 Å². The minimum atomic E-state index is -0.494. The molecule has 122 valence electrons. The van der Waals surface area contributed by atoms with Gasteiger partial charge in [0.2, 0.25) is 11.9 Å². The van der Waals surface area contributed by atoms with Crippen molar-refractivity contribution in [1.29, 1.82) is 0 Å². The lowest BCUT2D eigenvalue weighted by atomic mass is 10.2. The van der Waals surface area contributed by atoms with Crippen LogP contribution in [0.25, 0.3) is 10.9 Å². The van der Waals surface area contributed by atoms with Crippen LogP contribution in [0.1, 0.15) is 13.3 Å². The van der Waals surface area contributed by atoms with Crippen LogP contribution in [0.3, 0.4) is 0 Å². The Hall–Kier alpha value is -3.22. The number of pyridine rings is 1. The lowest BCUT2D eigenvalue weighted by Gasteiger charge is -2.14. The van der Waals surface area contributed by atoms with Crippen molar-refractivity contribution >= 4 is 34.3 Å². The summed E-state index contributed by atoms with van der Waals surface area (Å²) in [5.74, 6) is 0.546. The summed E-state index contributed by atoms with van der Waals surface area (Å²) in [5.41, 5.74) is 7.15. The van der Waals surface area contributed by atoms with E-state index in [1.54, 1.807) is 18.5 Å². The van der Waals surface area contributed by atoms with E-state index in [1.807, 2.05) is 37.3 Å². The zero-order chi connectivity index (χ0) is 16.9. The molecule has 0 bridgehead atoms. The molecular formula is C17H18N6O. The molecule has 0 unspecified atom stereocenters. The Morgan fingerprint density at radius 3 is 2.88 bits per heavy atom. The van der Waals surface area contributed by atoms with Gasteiger partial charge in [0.05, 0.1) is 5.52 Å². The van der Waals surface area contributed by atoms with Crippen molar-refractivity contribution in [3.8, 4) is 0 Å². The average molecular weight is 322 g/mol. The SMILES string of the molecule is CC[C@@H](Nc1nccc(Nc2ccc3ncccc3c2)n1)C(N)=O. The number of carbonyl (C=O) groups excluding carboxylic acids is 1. The van der Waals surface area contributed by atoms with Crippen LogP contribution >= 0.6 is 0 Å². The fourth-order valence-corrected chi connectivity index (χ4v) is 2.33. The molecule has 2 heterocycles. The Balaban J connectivity index is 1.79. The summed E-state index contributed by atoms with van der Waals surface area (Å²) in [6.45, 7) is 1.87. The van der Waals surface area contributed by atoms with Gasteiger partial charge in [-0.15, -0.1) is 0 Å². The normalized spacial score (nSPS) is 11.9. The predicted octanol–water partition coefficient (Wildman–Crippen LogP) is 2.44. The Labute approximate surface area is 139 Å². The highest BCUT2D eigenvalue weighted by molar-refractivity contribution is 5.83. The minimum Gasteiger partial charge on any atom is -0.368 e. The summed E-state index contributed by atoms with van der Waals surface area (Å²) in [5, 5.41) is 7.20. The Morgan fingerprint density at radius 2 is 2.08 bits per heavy atom. The molecular weight excluding hydrogens is 304 g/mol. The number of nitrogens with two attached hydrogens (primary N) is 1. The number of nitrogens with one attached hydrogen (secondary N) is 2. The maximum absolute atomic E-state index is 11.3. The maximum atomic E-state index is 11.3. The number of benzene rings is 1. The lowest BCUT2D eigenvalue weighted by molar-refractivity contribution is -0.118. The molecule has 0 spiro atoms. The van der Waals surface area contributed by atoms with Crippen molar-refractivity contribution < 1.29 is 4.79 Å². The first-order valence-corrected chi connectivity index (χ1v) is 7.66. The average Bonchev–Trinajstić information content (AvgIpc) is 2.59. The number of hydrogen-bond acceptors (Lipinski definition) is 6. The van der Waals surface area contributed by atoms with E-state index in [-0.39, 0.29) is 0 Å². The highest BCUT2D eigenvalue weighted by Crippen LogP contribution is 2.20. The third kappa shape index (κ3) is 3.57. The van der Waals surface area contributed by atoms with E-state index >= 15 is 0 Å². The quantitative estimate of drug-likeness (QED) is 0.643. The number of carbonyl (C=O) groups is 1. The highest BCUT2D eigenvalue weighted by Gasteiger charge is 2.13. The molecule has 0 saturated heterocycles. The van der Waals surface area contributed by atoms with Crippen LogP contribution in [-0.4, -0.2) is 26.9 Å². The lowest BCUT2D eigenvalue weighted by Crippen LogP contribution is -2.35. The van der Waals surface area contributed by atoms with Gasteiger partial charge in [0.15, 0.2) is 0 Å². The van der Waals surface area contributed by atoms with Crippen molar-refractivity contribution in [2.45, 2.75) is 19.4 Å². The first-order valence-electron chi connectivity index (χ1n) is 7.66. The monoisotopic (exact) mass is 322 g/mol. The summed E-state index contributed by atoms with van der Waals surface area (Å²) in [6.07, 6.45) is 3.95. The zero-order valence-corrected chi connectivity index (χ0v) is 13.2.